The number of likely N-dealkylation sites (tertiary alicyclic amines) is 1. The number of ether oxygens (including phenoxy) is 2. The van der Waals surface area contributed by atoms with Crippen LogP contribution in [0.15, 0.2) is 78.6 Å². The Kier molecular flexibility index (Phi) is 6.63. The van der Waals surface area contributed by atoms with Gasteiger partial charge < -0.3 is 19.5 Å². The average molecular weight is 459 g/mol. The summed E-state index contributed by atoms with van der Waals surface area (Å²) in [6.07, 6.45) is 3.00. The highest BCUT2D eigenvalue weighted by Crippen LogP contribution is 2.41. The van der Waals surface area contributed by atoms with E-state index in [1.54, 1.807) is 25.3 Å². The van der Waals surface area contributed by atoms with Crippen LogP contribution in [0.5, 0.6) is 11.5 Å². The van der Waals surface area contributed by atoms with Gasteiger partial charge in [0.2, 0.25) is 0 Å². The van der Waals surface area contributed by atoms with Crippen LogP contribution in [0.1, 0.15) is 36.6 Å². The number of benzene rings is 2. The molecule has 7 nitrogen and oxygen atoms in total. The summed E-state index contributed by atoms with van der Waals surface area (Å²) in [6.45, 7) is 4.00. The molecule has 0 spiro atoms. The molecule has 0 bridgehead atoms. The Labute approximate surface area is 198 Å². The number of ketones is 1. The number of hydrogen-bond donors (Lipinski definition) is 1. The summed E-state index contributed by atoms with van der Waals surface area (Å²) in [7, 11) is 1.57. The second-order valence-corrected chi connectivity index (χ2v) is 8.25. The summed E-state index contributed by atoms with van der Waals surface area (Å²) in [4.78, 5) is 31.9. The molecule has 2 aromatic carbocycles. The molecule has 2 heterocycles. The van der Waals surface area contributed by atoms with E-state index >= 15 is 0 Å². The van der Waals surface area contributed by atoms with Gasteiger partial charge in [0.25, 0.3) is 11.7 Å². The van der Waals surface area contributed by atoms with Crippen molar-refractivity contribution in [1.29, 1.82) is 0 Å². The molecule has 1 atom stereocenters. The van der Waals surface area contributed by atoms with E-state index < -0.39 is 17.7 Å². The Bertz CT molecular complexity index is 1240. The van der Waals surface area contributed by atoms with Crippen LogP contribution in [0, 0.1) is 0 Å². The van der Waals surface area contributed by atoms with E-state index in [2.05, 4.69) is 4.98 Å². The molecule has 3 aromatic rings. The molecule has 1 saturated heterocycles. The maximum absolute atomic E-state index is 13.2. The van der Waals surface area contributed by atoms with Gasteiger partial charge in [0.1, 0.15) is 17.3 Å². The number of carbonyl (C=O) groups excluding carboxylic acids is 2. The lowest BCUT2D eigenvalue weighted by Crippen LogP contribution is -2.29. The topological polar surface area (TPSA) is 89.0 Å². The fraction of sp³-hybridized carbons (Fsp3) is 0.222. The van der Waals surface area contributed by atoms with Crippen molar-refractivity contribution in [3.8, 4) is 11.5 Å². The molecular weight excluding hydrogens is 432 g/mol. The first-order valence-electron chi connectivity index (χ1n) is 11.0. The predicted molar refractivity (Wildman–Crippen MR) is 127 cm³/mol. The SMILES string of the molecule is COc1cccc(CN2C(=O)C(=O)/C(=C(\O)c3ccncc3)C2c2cccc(OC(C)C)c2)c1. The van der Waals surface area contributed by atoms with E-state index in [0.29, 0.717) is 22.6 Å². The van der Waals surface area contributed by atoms with Crippen LogP contribution in [0.3, 0.4) is 0 Å². The Morgan fingerprint density at radius 1 is 1.03 bits per heavy atom. The van der Waals surface area contributed by atoms with Gasteiger partial charge in [-0.15, -0.1) is 0 Å². The van der Waals surface area contributed by atoms with Crippen LogP contribution in [0.25, 0.3) is 5.76 Å². The first-order valence-corrected chi connectivity index (χ1v) is 11.0. The highest BCUT2D eigenvalue weighted by atomic mass is 16.5. The van der Waals surface area contributed by atoms with Crippen LogP contribution < -0.4 is 9.47 Å². The number of carbonyl (C=O) groups is 2. The zero-order chi connectivity index (χ0) is 24.2. The minimum absolute atomic E-state index is 0.0285. The standard InChI is InChI=1S/C27H26N2O5/c1-17(2)34-22-9-5-7-20(15-22)24-23(25(30)19-10-12-28-13-11-19)26(31)27(32)29(24)16-18-6-4-8-21(14-18)33-3/h4-15,17,24,30H,16H2,1-3H3/b25-23-. The Balaban J connectivity index is 1.84. The lowest BCUT2D eigenvalue weighted by atomic mass is 9.95. The highest BCUT2D eigenvalue weighted by molar-refractivity contribution is 6.46. The highest BCUT2D eigenvalue weighted by Gasteiger charge is 2.46. The first kappa shape index (κ1) is 23.0. The number of amides is 1. The van der Waals surface area contributed by atoms with Gasteiger partial charge in [-0.1, -0.05) is 24.3 Å². The fourth-order valence-electron chi connectivity index (χ4n) is 4.05. The average Bonchev–Trinajstić information content (AvgIpc) is 3.09. The summed E-state index contributed by atoms with van der Waals surface area (Å²) in [5.74, 6) is -0.400. The number of aromatic nitrogens is 1. The molecule has 174 valence electrons. The summed E-state index contributed by atoms with van der Waals surface area (Å²) >= 11 is 0. The molecule has 4 rings (SSSR count). The lowest BCUT2D eigenvalue weighted by Gasteiger charge is -2.26. The number of aliphatic hydroxyl groups excluding tert-OH is 1. The van der Waals surface area contributed by atoms with Crippen molar-refractivity contribution in [3.05, 3.63) is 95.3 Å². The smallest absolute Gasteiger partial charge is 0.295 e. The van der Waals surface area contributed by atoms with Crippen LogP contribution in [0.4, 0.5) is 0 Å². The second-order valence-electron chi connectivity index (χ2n) is 8.25. The normalized spacial score (nSPS) is 17.3. The van der Waals surface area contributed by atoms with Crippen LogP contribution in [-0.2, 0) is 16.1 Å². The van der Waals surface area contributed by atoms with Crippen LogP contribution in [0.2, 0.25) is 0 Å². The predicted octanol–water partition coefficient (Wildman–Crippen LogP) is 4.50. The first-order chi connectivity index (χ1) is 16.4. The molecule has 1 amide bonds. The van der Waals surface area contributed by atoms with Crippen molar-refractivity contribution >= 4 is 17.4 Å². The Morgan fingerprint density at radius 3 is 2.44 bits per heavy atom. The molecule has 1 fully saturated rings. The minimum Gasteiger partial charge on any atom is -0.507 e. The molecule has 0 radical (unpaired) electrons. The number of Topliss-reactive ketones (excluding diaryl/α,β-unsaturated/α-hetero) is 1. The summed E-state index contributed by atoms with van der Waals surface area (Å²) < 4.78 is 11.1. The lowest BCUT2D eigenvalue weighted by molar-refractivity contribution is -0.140. The van der Waals surface area contributed by atoms with Gasteiger partial charge in [-0.3, -0.25) is 14.6 Å². The molecule has 1 aliphatic heterocycles. The molecule has 1 N–H and O–H groups in total. The third kappa shape index (κ3) is 4.64. The van der Waals surface area contributed by atoms with Crippen molar-refractivity contribution in [2.24, 2.45) is 0 Å². The van der Waals surface area contributed by atoms with Crippen molar-refractivity contribution in [2.75, 3.05) is 7.11 Å². The number of aliphatic hydroxyl groups is 1. The summed E-state index contributed by atoms with van der Waals surface area (Å²) in [5, 5.41) is 11.1. The van der Waals surface area contributed by atoms with E-state index in [1.165, 1.54) is 17.3 Å². The zero-order valence-electron chi connectivity index (χ0n) is 19.3. The van der Waals surface area contributed by atoms with Gasteiger partial charge in [-0.2, -0.15) is 0 Å². The number of hydrogen-bond acceptors (Lipinski definition) is 6. The molecule has 7 heteroatoms. The van der Waals surface area contributed by atoms with E-state index in [0.717, 1.165) is 5.56 Å². The molecule has 0 aliphatic carbocycles. The van der Waals surface area contributed by atoms with Gasteiger partial charge in [0.05, 0.1) is 24.8 Å². The van der Waals surface area contributed by atoms with Gasteiger partial charge in [-0.25, -0.2) is 0 Å². The molecular formula is C27H26N2O5. The molecule has 0 saturated carbocycles. The maximum atomic E-state index is 13.2. The minimum atomic E-state index is -0.796. The van der Waals surface area contributed by atoms with Gasteiger partial charge in [-0.05, 0) is 61.4 Å². The summed E-state index contributed by atoms with van der Waals surface area (Å²) in [5.41, 5.74) is 1.90. The largest absolute Gasteiger partial charge is 0.507 e. The molecule has 34 heavy (non-hydrogen) atoms. The molecule has 1 unspecified atom stereocenters. The monoisotopic (exact) mass is 458 g/mol. The number of rotatable bonds is 7. The number of pyridine rings is 1. The van der Waals surface area contributed by atoms with E-state index in [9.17, 15) is 14.7 Å². The number of methoxy groups -OCH3 is 1. The maximum Gasteiger partial charge on any atom is 0.295 e. The third-order valence-corrected chi connectivity index (χ3v) is 5.53. The quantitative estimate of drug-likeness (QED) is 0.319. The Morgan fingerprint density at radius 2 is 1.74 bits per heavy atom. The fourth-order valence-corrected chi connectivity index (χ4v) is 4.05. The van der Waals surface area contributed by atoms with Crippen molar-refractivity contribution < 1.29 is 24.2 Å². The van der Waals surface area contributed by atoms with Crippen molar-refractivity contribution in [3.63, 3.8) is 0 Å². The third-order valence-electron chi connectivity index (χ3n) is 5.53. The van der Waals surface area contributed by atoms with Gasteiger partial charge in [0, 0.05) is 24.5 Å². The molecule has 1 aromatic heterocycles. The van der Waals surface area contributed by atoms with Crippen molar-refractivity contribution in [1.82, 2.24) is 9.88 Å². The van der Waals surface area contributed by atoms with Gasteiger partial charge in [0.15, 0.2) is 0 Å². The van der Waals surface area contributed by atoms with Crippen LogP contribution in [-0.4, -0.2) is 39.9 Å². The number of nitrogens with zero attached hydrogens (tertiary/aromatic N) is 2. The van der Waals surface area contributed by atoms with Gasteiger partial charge >= 0.3 is 0 Å². The van der Waals surface area contributed by atoms with Crippen LogP contribution >= 0.6 is 0 Å². The zero-order valence-corrected chi connectivity index (χ0v) is 19.3. The van der Waals surface area contributed by atoms with Crippen molar-refractivity contribution in [2.45, 2.75) is 32.5 Å². The summed E-state index contributed by atoms with van der Waals surface area (Å²) in [6, 6.07) is 17.0. The second kappa shape index (κ2) is 9.79. The van der Waals surface area contributed by atoms with E-state index in [1.807, 2.05) is 56.3 Å². The van der Waals surface area contributed by atoms with E-state index in [-0.39, 0.29) is 24.0 Å². The Hall–Kier alpha value is -4.13. The van der Waals surface area contributed by atoms with E-state index in [4.69, 9.17) is 9.47 Å². The molecule has 1 aliphatic rings.